The van der Waals surface area contributed by atoms with Crippen molar-refractivity contribution < 1.29 is 22.7 Å². The molecule has 0 unspecified atom stereocenters. The lowest BCUT2D eigenvalue weighted by molar-refractivity contribution is -0.117. The molecule has 0 bridgehead atoms. The SMILES string of the molecule is CC(C)CCN[C@H]1CCc2cc(O)c(N3CC(=O)NS3(=O)=O)c(F)c2C1. The highest BCUT2D eigenvalue weighted by Gasteiger charge is 2.39. The van der Waals surface area contributed by atoms with E-state index in [4.69, 9.17) is 0 Å². The van der Waals surface area contributed by atoms with Crippen molar-refractivity contribution in [1.29, 1.82) is 0 Å². The number of hydrogen-bond donors (Lipinski definition) is 3. The molecule has 7 nitrogen and oxygen atoms in total. The van der Waals surface area contributed by atoms with Gasteiger partial charge in [-0.1, -0.05) is 13.8 Å². The minimum absolute atomic E-state index is 0.100. The fourth-order valence-electron chi connectivity index (χ4n) is 3.47. The molecule has 144 valence electrons. The van der Waals surface area contributed by atoms with Crippen LogP contribution in [-0.4, -0.2) is 38.6 Å². The van der Waals surface area contributed by atoms with Crippen molar-refractivity contribution in [3.05, 3.63) is 23.0 Å². The molecule has 3 N–H and O–H groups in total. The summed E-state index contributed by atoms with van der Waals surface area (Å²) in [6.07, 6.45) is 2.86. The summed E-state index contributed by atoms with van der Waals surface area (Å²) in [6.45, 7) is 4.57. The minimum Gasteiger partial charge on any atom is -0.506 e. The molecule has 0 aromatic heterocycles. The minimum atomic E-state index is -4.18. The highest BCUT2D eigenvalue weighted by atomic mass is 32.2. The van der Waals surface area contributed by atoms with Gasteiger partial charge in [0.25, 0.3) is 5.91 Å². The molecule has 1 atom stereocenters. The van der Waals surface area contributed by atoms with Crippen LogP contribution in [0.5, 0.6) is 5.75 Å². The number of nitrogens with one attached hydrogen (secondary N) is 2. The van der Waals surface area contributed by atoms with Gasteiger partial charge in [0.05, 0.1) is 0 Å². The summed E-state index contributed by atoms with van der Waals surface area (Å²) in [6, 6.07) is 1.51. The van der Waals surface area contributed by atoms with Crippen LogP contribution in [0.1, 0.15) is 37.8 Å². The second-order valence-electron chi connectivity index (χ2n) is 7.31. The van der Waals surface area contributed by atoms with Crippen LogP contribution in [0.3, 0.4) is 0 Å². The maximum Gasteiger partial charge on any atom is 0.326 e. The second-order valence-corrected chi connectivity index (χ2v) is 8.90. The average molecular weight is 385 g/mol. The van der Waals surface area contributed by atoms with E-state index < -0.39 is 39.9 Å². The number of phenols is 1. The Kier molecular flexibility index (Phi) is 5.12. The number of rotatable bonds is 5. The van der Waals surface area contributed by atoms with Crippen LogP contribution in [0, 0.1) is 11.7 Å². The Morgan fingerprint density at radius 1 is 1.46 bits per heavy atom. The van der Waals surface area contributed by atoms with E-state index in [1.807, 2.05) is 0 Å². The van der Waals surface area contributed by atoms with Gasteiger partial charge in [-0.2, -0.15) is 8.42 Å². The second kappa shape index (κ2) is 7.03. The first kappa shape index (κ1) is 18.9. The van der Waals surface area contributed by atoms with Crippen LogP contribution in [0.4, 0.5) is 10.1 Å². The highest BCUT2D eigenvalue weighted by Crippen LogP contribution is 2.39. The van der Waals surface area contributed by atoms with E-state index >= 15 is 4.39 Å². The quantitative estimate of drug-likeness (QED) is 0.708. The van der Waals surface area contributed by atoms with Gasteiger partial charge in [0.2, 0.25) is 0 Å². The van der Waals surface area contributed by atoms with Gasteiger partial charge < -0.3 is 10.4 Å². The van der Waals surface area contributed by atoms with Crippen molar-refractivity contribution >= 4 is 21.8 Å². The summed E-state index contributed by atoms with van der Waals surface area (Å²) in [5.41, 5.74) is 0.632. The number of nitrogens with zero attached hydrogens (tertiary/aromatic N) is 1. The number of aryl methyl sites for hydroxylation is 1. The predicted octanol–water partition coefficient (Wildman–Crippen LogP) is 1.21. The number of fused-ring (bicyclic) bond motifs is 1. The van der Waals surface area contributed by atoms with Crippen molar-refractivity contribution in [2.24, 2.45) is 5.92 Å². The third kappa shape index (κ3) is 3.64. The number of benzene rings is 1. The van der Waals surface area contributed by atoms with Crippen LogP contribution in [0.15, 0.2) is 6.07 Å². The summed E-state index contributed by atoms with van der Waals surface area (Å²) in [5, 5.41) is 13.6. The third-order valence-corrected chi connectivity index (χ3v) is 6.23. The zero-order valence-corrected chi connectivity index (χ0v) is 15.7. The Morgan fingerprint density at radius 2 is 2.19 bits per heavy atom. The number of amides is 1. The Morgan fingerprint density at radius 3 is 2.81 bits per heavy atom. The largest absolute Gasteiger partial charge is 0.506 e. The molecular weight excluding hydrogens is 361 g/mol. The predicted molar refractivity (Wildman–Crippen MR) is 95.7 cm³/mol. The number of aromatic hydroxyl groups is 1. The van der Waals surface area contributed by atoms with Crippen molar-refractivity contribution in [1.82, 2.24) is 10.0 Å². The van der Waals surface area contributed by atoms with E-state index in [0.29, 0.717) is 34.2 Å². The summed E-state index contributed by atoms with van der Waals surface area (Å²) in [7, 11) is -4.18. The number of carbonyl (C=O) groups excluding carboxylic acids is 1. The topological polar surface area (TPSA) is 98.7 Å². The molecule has 1 fully saturated rings. The lowest BCUT2D eigenvalue weighted by Crippen LogP contribution is -2.36. The fraction of sp³-hybridized carbons (Fsp3) is 0.588. The van der Waals surface area contributed by atoms with Crippen LogP contribution >= 0.6 is 0 Å². The molecule has 1 aliphatic heterocycles. The Bertz CT molecular complexity index is 826. The van der Waals surface area contributed by atoms with Gasteiger partial charge in [-0.05, 0) is 55.3 Å². The average Bonchev–Trinajstić information content (AvgIpc) is 2.80. The summed E-state index contributed by atoms with van der Waals surface area (Å²) < 4.78 is 41.6. The van der Waals surface area contributed by atoms with E-state index in [2.05, 4.69) is 19.2 Å². The van der Waals surface area contributed by atoms with Gasteiger partial charge in [0.15, 0.2) is 5.82 Å². The molecule has 0 spiro atoms. The molecule has 1 aromatic carbocycles. The van der Waals surface area contributed by atoms with E-state index in [-0.39, 0.29) is 6.04 Å². The molecule has 26 heavy (non-hydrogen) atoms. The lowest BCUT2D eigenvalue weighted by Gasteiger charge is -2.28. The van der Waals surface area contributed by atoms with E-state index in [9.17, 15) is 18.3 Å². The Balaban J connectivity index is 1.88. The number of halogens is 1. The van der Waals surface area contributed by atoms with Crippen molar-refractivity contribution in [3.8, 4) is 5.75 Å². The molecule has 1 aliphatic carbocycles. The van der Waals surface area contributed by atoms with E-state index in [1.54, 1.807) is 4.72 Å². The zero-order chi connectivity index (χ0) is 19.1. The third-order valence-electron chi connectivity index (χ3n) is 4.85. The molecule has 2 aliphatic rings. The van der Waals surface area contributed by atoms with Crippen LogP contribution < -0.4 is 14.3 Å². The van der Waals surface area contributed by atoms with Crippen LogP contribution in [0.2, 0.25) is 0 Å². The van der Waals surface area contributed by atoms with Crippen molar-refractivity contribution in [2.45, 2.75) is 45.6 Å². The lowest BCUT2D eigenvalue weighted by atomic mass is 9.87. The van der Waals surface area contributed by atoms with Crippen LogP contribution in [0.25, 0.3) is 0 Å². The maximum absolute atomic E-state index is 15.1. The molecule has 3 rings (SSSR count). The van der Waals surface area contributed by atoms with Crippen molar-refractivity contribution in [2.75, 3.05) is 17.4 Å². The summed E-state index contributed by atoms with van der Waals surface area (Å²) >= 11 is 0. The number of hydrogen-bond acceptors (Lipinski definition) is 5. The molecule has 9 heteroatoms. The highest BCUT2D eigenvalue weighted by molar-refractivity contribution is 7.92. The Labute approximate surface area is 152 Å². The van der Waals surface area contributed by atoms with E-state index in [1.165, 1.54) is 6.07 Å². The molecule has 1 heterocycles. The summed E-state index contributed by atoms with van der Waals surface area (Å²) in [4.78, 5) is 11.4. The monoisotopic (exact) mass is 385 g/mol. The van der Waals surface area contributed by atoms with Crippen LogP contribution in [-0.2, 0) is 27.8 Å². The Hall–Kier alpha value is -1.87. The van der Waals surface area contributed by atoms with Gasteiger partial charge in [0.1, 0.15) is 18.0 Å². The van der Waals surface area contributed by atoms with Crippen molar-refractivity contribution in [3.63, 3.8) is 0 Å². The molecule has 1 amide bonds. The smallest absolute Gasteiger partial charge is 0.326 e. The standard InChI is InChI=1S/C17H24FN3O4S/c1-10(2)5-6-19-12-4-3-11-7-14(22)17(16(18)13(11)8-12)21-9-15(23)20-26(21,24)25/h7,10,12,19,22H,3-6,8-9H2,1-2H3,(H,20,23)/t12-/m0/s1. The normalized spacial score (nSPS) is 21.8. The fourth-order valence-corrected chi connectivity index (χ4v) is 4.64. The number of carbonyl (C=O) groups is 1. The molecule has 1 saturated heterocycles. The molecule has 0 radical (unpaired) electrons. The first-order valence-electron chi connectivity index (χ1n) is 8.79. The number of phenolic OH excluding ortho intramolecular Hbond substituents is 1. The molecular formula is C17H24FN3O4S. The van der Waals surface area contributed by atoms with Gasteiger partial charge in [-0.15, -0.1) is 0 Å². The van der Waals surface area contributed by atoms with Gasteiger partial charge in [0, 0.05) is 6.04 Å². The zero-order valence-electron chi connectivity index (χ0n) is 14.9. The maximum atomic E-state index is 15.1. The molecule has 0 saturated carbocycles. The van der Waals surface area contributed by atoms with Gasteiger partial charge >= 0.3 is 10.2 Å². The first-order chi connectivity index (χ1) is 12.2. The van der Waals surface area contributed by atoms with Gasteiger partial charge in [-0.3, -0.25) is 4.79 Å². The first-order valence-corrected chi connectivity index (χ1v) is 10.2. The van der Waals surface area contributed by atoms with Gasteiger partial charge in [-0.25, -0.2) is 13.4 Å². The molecule has 1 aromatic rings. The van der Waals surface area contributed by atoms with E-state index in [0.717, 1.165) is 19.4 Å². The number of anilines is 1. The summed E-state index contributed by atoms with van der Waals surface area (Å²) in [5.74, 6) is -1.42.